The van der Waals surface area contributed by atoms with Crippen molar-refractivity contribution in [1.29, 1.82) is 0 Å². The molecule has 1 fully saturated rings. The van der Waals surface area contributed by atoms with Gasteiger partial charge in [0.05, 0.1) is 6.42 Å². The van der Waals surface area contributed by atoms with E-state index in [1.165, 1.54) is 16.9 Å². The van der Waals surface area contributed by atoms with Gasteiger partial charge >= 0.3 is 5.97 Å². The van der Waals surface area contributed by atoms with Crippen molar-refractivity contribution in [1.82, 2.24) is 21.3 Å². The molecule has 3 aliphatic rings. The van der Waals surface area contributed by atoms with Crippen molar-refractivity contribution in [2.75, 3.05) is 5.75 Å². The highest BCUT2D eigenvalue weighted by molar-refractivity contribution is 8.77. The summed E-state index contributed by atoms with van der Waals surface area (Å²) >= 11 is 0. The quantitative estimate of drug-likeness (QED) is 0.139. The second kappa shape index (κ2) is 13.6. The summed E-state index contributed by atoms with van der Waals surface area (Å²) in [5, 5.41) is 9.55. The fraction of sp³-hybridized carbons (Fsp3) is 0.609. The van der Waals surface area contributed by atoms with Gasteiger partial charge in [0.15, 0.2) is 5.37 Å². The second-order valence-corrected chi connectivity index (χ2v) is 11.5. The summed E-state index contributed by atoms with van der Waals surface area (Å²) in [6.07, 6.45) is 4.40. The molecular formula is C23H34N4O6S2. The molecule has 3 rings (SSSR count). The predicted molar refractivity (Wildman–Crippen MR) is 136 cm³/mol. The number of rotatable bonds is 2. The Labute approximate surface area is 213 Å². The Kier molecular flexibility index (Phi) is 11.2. The number of hydrogen-bond donors (Lipinski definition) is 4. The van der Waals surface area contributed by atoms with Crippen LogP contribution in [0.4, 0.5) is 0 Å². The van der Waals surface area contributed by atoms with Crippen LogP contribution in [0, 0.1) is 11.8 Å². The zero-order valence-electron chi connectivity index (χ0n) is 20.6. The number of carbonyl (C=O) groups excluding carboxylic acids is 5. The van der Waals surface area contributed by atoms with Gasteiger partial charge in [0.1, 0.15) is 23.9 Å². The topological polar surface area (TPSA) is 143 Å². The third kappa shape index (κ3) is 8.60. The SMILES string of the molecule is CC=C1NC(=O)[C@@H]2NC(=O)[C@@H](C(C)C)NC(=O)C[C@@H](C=CCCSS2)OC(=O)[C@H](C(C)C)NC1=O. The molecule has 194 valence electrons. The second-order valence-electron chi connectivity index (χ2n) is 8.88. The minimum atomic E-state index is -1.02. The Morgan fingerprint density at radius 1 is 0.971 bits per heavy atom. The number of ether oxygens (including phenoxy) is 1. The van der Waals surface area contributed by atoms with Gasteiger partial charge in [-0.2, -0.15) is 0 Å². The fourth-order valence-corrected chi connectivity index (χ4v) is 5.50. The maximum atomic E-state index is 13.1. The number of nitrogens with one attached hydrogen (secondary N) is 4. The highest BCUT2D eigenvalue weighted by Crippen LogP contribution is 2.27. The highest BCUT2D eigenvalue weighted by Gasteiger charge is 2.33. The lowest BCUT2D eigenvalue weighted by Crippen LogP contribution is -2.55. The lowest BCUT2D eigenvalue weighted by atomic mass is 10.0. The first-order valence-corrected chi connectivity index (χ1v) is 13.9. The minimum Gasteiger partial charge on any atom is -0.456 e. The van der Waals surface area contributed by atoms with Crippen molar-refractivity contribution in [3.8, 4) is 0 Å². The van der Waals surface area contributed by atoms with E-state index in [1.54, 1.807) is 40.7 Å². The van der Waals surface area contributed by atoms with Crippen LogP contribution >= 0.6 is 21.6 Å². The third-order valence-electron chi connectivity index (χ3n) is 5.31. The van der Waals surface area contributed by atoms with E-state index in [9.17, 15) is 24.0 Å². The van der Waals surface area contributed by atoms with E-state index in [4.69, 9.17) is 4.74 Å². The van der Waals surface area contributed by atoms with Crippen LogP contribution in [0.2, 0.25) is 0 Å². The number of amides is 4. The average molecular weight is 527 g/mol. The van der Waals surface area contributed by atoms with E-state index in [1.807, 2.05) is 6.08 Å². The molecule has 4 atom stereocenters. The highest BCUT2D eigenvalue weighted by atomic mass is 33.1. The average Bonchev–Trinajstić information content (AvgIpc) is 2.78. The molecule has 4 N–H and O–H groups in total. The molecule has 12 heteroatoms. The molecule has 3 aliphatic heterocycles. The summed E-state index contributed by atoms with van der Waals surface area (Å²) in [6, 6.07) is -1.91. The van der Waals surface area contributed by atoms with E-state index in [2.05, 4.69) is 21.3 Å². The fourth-order valence-electron chi connectivity index (χ4n) is 3.33. The molecule has 0 aromatic carbocycles. The van der Waals surface area contributed by atoms with Gasteiger partial charge in [-0.1, -0.05) is 61.4 Å². The molecule has 0 aliphatic carbocycles. The lowest BCUT2D eigenvalue weighted by Gasteiger charge is -2.28. The maximum absolute atomic E-state index is 13.1. The van der Waals surface area contributed by atoms with Gasteiger partial charge in [-0.25, -0.2) is 4.79 Å². The number of hydrogen-bond acceptors (Lipinski definition) is 8. The molecular weight excluding hydrogens is 492 g/mol. The summed E-state index contributed by atoms with van der Waals surface area (Å²) in [7, 11) is 2.53. The molecule has 4 amide bonds. The summed E-state index contributed by atoms with van der Waals surface area (Å²) in [6.45, 7) is 8.63. The van der Waals surface area contributed by atoms with Crippen molar-refractivity contribution in [3.05, 3.63) is 23.9 Å². The van der Waals surface area contributed by atoms with Crippen LogP contribution in [0.15, 0.2) is 23.9 Å². The standard InChI is InChI=1S/C23H34N4O6S2/c1-6-15-19(29)26-18(13(4)5)23(32)33-14-9-7-8-10-34-35-22(21(31)24-15)27-20(30)17(12(2)3)25-16(28)11-14/h6-7,9,12-14,17-18,22H,8,10-11H2,1-5H3,(H,24,31)(H,25,28)(H,26,29)(H,27,30)/t14-,17-,18+,22-/m1/s1. The predicted octanol–water partition coefficient (Wildman–Crippen LogP) is 1.39. The smallest absolute Gasteiger partial charge is 0.329 e. The van der Waals surface area contributed by atoms with Crippen LogP contribution in [0.5, 0.6) is 0 Å². The molecule has 0 aromatic heterocycles. The number of fused-ring (bicyclic) bond motifs is 16. The summed E-state index contributed by atoms with van der Waals surface area (Å²) in [5.41, 5.74) is -0.0531. The molecule has 1 saturated heterocycles. The van der Waals surface area contributed by atoms with Crippen LogP contribution in [-0.4, -0.2) is 58.9 Å². The molecule has 0 saturated carbocycles. The molecule has 10 nitrogen and oxygen atoms in total. The number of carbonyl (C=O) groups is 5. The third-order valence-corrected chi connectivity index (χ3v) is 7.86. The van der Waals surface area contributed by atoms with Gasteiger partial charge in [0, 0.05) is 5.75 Å². The first-order valence-electron chi connectivity index (χ1n) is 11.6. The Hall–Kier alpha value is -2.47. The normalized spacial score (nSPS) is 28.9. The van der Waals surface area contributed by atoms with Gasteiger partial charge in [0.2, 0.25) is 11.8 Å². The van der Waals surface area contributed by atoms with Crippen molar-refractivity contribution in [3.63, 3.8) is 0 Å². The van der Waals surface area contributed by atoms with E-state index < -0.39 is 53.2 Å². The van der Waals surface area contributed by atoms with Gasteiger partial charge in [-0.15, -0.1) is 0 Å². The van der Waals surface area contributed by atoms with Gasteiger partial charge in [-0.05, 0) is 31.3 Å². The lowest BCUT2D eigenvalue weighted by molar-refractivity contribution is -0.153. The van der Waals surface area contributed by atoms with Gasteiger partial charge in [0.25, 0.3) is 11.8 Å². The Bertz CT molecular complexity index is 889. The van der Waals surface area contributed by atoms with Crippen LogP contribution in [0.1, 0.15) is 47.5 Å². The number of esters is 1. The molecule has 0 spiro atoms. The Morgan fingerprint density at radius 2 is 1.66 bits per heavy atom. The van der Waals surface area contributed by atoms with Crippen LogP contribution in [0.25, 0.3) is 0 Å². The van der Waals surface area contributed by atoms with Crippen LogP contribution in [-0.2, 0) is 28.7 Å². The molecule has 0 aromatic rings. The van der Waals surface area contributed by atoms with Gasteiger partial charge in [-0.3, -0.25) is 19.2 Å². The van der Waals surface area contributed by atoms with E-state index in [0.717, 1.165) is 10.8 Å². The van der Waals surface area contributed by atoms with E-state index >= 15 is 0 Å². The first-order chi connectivity index (χ1) is 16.5. The van der Waals surface area contributed by atoms with Crippen molar-refractivity contribution < 1.29 is 28.7 Å². The molecule has 2 bridgehead atoms. The van der Waals surface area contributed by atoms with Gasteiger partial charge < -0.3 is 26.0 Å². The zero-order chi connectivity index (χ0) is 26.1. The van der Waals surface area contributed by atoms with E-state index in [-0.39, 0.29) is 24.0 Å². The monoisotopic (exact) mass is 526 g/mol. The van der Waals surface area contributed by atoms with Crippen LogP contribution in [0.3, 0.4) is 0 Å². The van der Waals surface area contributed by atoms with E-state index in [0.29, 0.717) is 12.2 Å². The molecule has 3 heterocycles. The number of allylic oxidation sites excluding steroid dienone is 2. The summed E-state index contributed by atoms with van der Waals surface area (Å²) in [4.78, 5) is 64.9. The molecule has 35 heavy (non-hydrogen) atoms. The maximum Gasteiger partial charge on any atom is 0.329 e. The van der Waals surface area contributed by atoms with Crippen LogP contribution < -0.4 is 21.3 Å². The van der Waals surface area contributed by atoms with Crippen molar-refractivity contribution in [2.45, 2.75) is 71.0 Å². The molecule has 0 unspecified atom stereocenters. The van der Waals surface area contributed by atoms with Crippen molar-refractivity contribution >= 4 is 51.2 Å². The first kappa shape index (κ1) is 28.8. The Balaban J connectivity index is 2.55. The Morgan fingerprint density at radius 3 is 2.29 bits per heavy atom. The minimum absolute atomic E-state index is 0.0531. The summed E-state index contributed by atoms with van der Waals surface area (Å²) < 4.78 is 5.63. The molecule has 0 radical (unpaired) electrons. The van der Waals surface area contributed by atoms with Crippen molar-refractivity contribution in [2.24, 2.45) is 11.8 Å². The zero-order valence-corrected chi connectivity index (χ0v) is 22.2. The largest absolute Gasteiger partial charge is 0.456 e. The summed E-state index contributed by atoms with van der Waals surface area (Å²) in [5.74, 6) is -2.96.